The van der Waals surface area contributed by atoms with Crippen molar-refractivity contribution in [2.45, 2.75) is 97.0 Å². The summed E-state index contributed by atoms with van der Waals surface area (Å²) in [7, 11) is -1.88. The number of likely N-dealkylation sites (tertiary alicyclic amines) is 1. The van der Waals surface area contributed by atoms with Crippen molar-refractivity contribution in [2.75, 3.05) is 19.8 Å². The van der Waals surface area contributed by atoms with Crippen molar-refractivity contribution in [1.29, 1.82) is 0 Å². The Hall–Kier alpha value is -1.34. The molecule has 1 heterocycles. The molecule has 0 aromatic heterocycles. The molecule has 6 nitrogen and oxygen atoms in total. The zero-order chi connectivity index (χ0) is 22.7. The van der Waals surface area contributed by atoms with Crippen LogP contribution in [0.3, 0.4) is 0 Å². The Morgan fingerprint density at radius 1 is 1.17 bits per heavy atom. The van der Waals surface area contributed by atoms with Gasteiger partial charge in [-0.3, -0.25) is 4.90 Å². The Morgan fingerprint density at radius 2 is 1.76 bits per heavy atom. The van der Waals surface area contributed by atoms with Crippen molar-refractivity contribution < 1.29 is 23.5 Å². The molecular weight excluding hydrogens is 386 g/mol. The first kappa shape index (κ1) is 25.7. The quantitative estimate of drug-likeness (QED) is 0.239. The number of ether oxygens (including phenoxy) is 2. The van der Waals surface area contributed by atoms with Gasteiger partial charge in [-0.05, 0) is 70.7 Å². The van der Waals surface area contributed by atoms with E-state index < -0.39 is 31.5 Å². The third-order valence-electron chi connectivity index (χ3n) is 5.86. The highest BCUT2D eigenvalue weighted by molar-refractivity contribution is 6.74. The topological polar surface area (TPSA) is 65.1 Å². The summed E-state index contributed by atoms with van der Waals surface area (Å²) in [4.78, 5) is 27.4. The lowest BCUT2D eigenvalue weighted by atomic mass is 9.86. The molecule has 1 atom stereocenters. The zero-order valence-electron chi connectivity index (χ0n) is 19.9. The molecule has 1 saturated heterocycles. The van der Waals surface area contributed by atoms with Gasteiger partial charge in [0.05, 0.1) is 6.61 Å². The first-order valence-electron chi connectivity index (χ1n) is 10.6. The van der Waals surface area contributed by atoms with E-state index in [9.17, 15) is 9.59 Å². The summed E-state index contributed by atoms with van der Waals surface area (Å²) in [6.45, 7) is 23.5. The van der Waals surface area contributed by atoms with Crippen molar-refractivity contribution in [3.8, 4) is 0 Å². The summed E-state index contributed by atoms with van der Waals surface area (Å²) in [5.41, 5.74) is -1.13. The highest BCUT2D eigenvalue weighted by atomic mass is 28.4. The third kappa shape index (κ3) is 6.07. The summed E-state index contributed by atoms with van der Waals surface area (Å²) in [5, 5.41) is 0.116. The molecule has 0 aliphatic carbocycles. The van der Waals surface area contributed by atoms with E-state index in [-0.39, 0.29) is 11.6 Å². The summed E-state index contributed by atoms with van der Waals surface area (Å²) >= 11 is 0. The second-order valence-corrected chi connectivity index (χ2v) is 15.1. The van der Waals surface area contributed by atoms with Crippen molar-refractivity contribution in [2.24, 2.45) is 0 Å². The molecule has 0 unspecified atom stereocenters. The molecular formula is C22H41NO5Si. The molecule has 1 aliphatic heterocycles. The molecule has 1 amide bonds. The van der Waals surface area contributed by atoms with Crippen LogP contribution in [0.1, 0.15) is 67.7 Å². The van der Waals surface area contributed by atoms with Crippen molar-refractivity contribution in [3.63, 3.8) is 0 Å². The number of carbonyl (C=O) groups is 2. The fraction of sp³-hybridized carbons (Fsp3) is 0.818. The van der Waals surface area contributed by atoms with Gasteiger partial charge < -0.3 is 13.9 Å². The summed E-state index contributed by atoms with van der Waals surface area (Å²) < 4.78 is 17.2. The van der Waals surface area contributed by atoms with E-state index in [1.165, 1.54) is 4.90 Å². The molecule has 29 heavy (non-hydrogen) atoms. The van der Waals surface area contributed by atoms with Crippen molar-refractivity contribution in [3.05, 3.63) is 12.2 Å². The first-order valence-corrected chi connectivity index (χ1v) is 13.5. The number of hydrogen-bond donors (Lipinski definition) is 0. The Kier molecular flexibility index (Phi) is 8.16. The van der Waals surface area contributed by atoms with Gasteiger partial charge >= 0.3 is 12.1 Å². The van der Waals surface area contributed by atoms with Crippen LogP contribution in [0, 0.1) is 0 Å². The molecule has 0 N–H and O–H groups in total. The van der Waals surface area contributed by atoms with Crippen LogP contribution in [0.4, 0.5) is 4.79 Å². The van der Waals surface area contributed by atoms with E-state index in [1.807, 2.05) is 20.8 Å². The molecule has 0 radical (unpaired) electrons. The molecule has 1 rings (SSSR count). The van der Waals surface area contributed by atoms with Gasteiger partial charge in [-0.15, -0.1) is 0 Å². The lowest BCUT2D eigenvalue weighted by Gasteiger charge is -2.39. The molecule has 0 spiro atoms. The van der Waals surface area contributed by atoms with E-state index in [2.05, 4.69) is 40.4 Å². The molecule has 0 aromatic rings. The van der Waals surface area contributed by atoms with Crippen LogP contribution in [0.25, 0.3) is 0 Å². The van der Waals surface area contributed by atoms with Gasteiger partial charge in [0.2, 0.25) is 0 Å². The van der Waals surface area contributed by atoms with Gasteiger partial charge in [0.15, 0.2) is 13.9 Å². The van der Waals surface area contributed by atoms with Crippen molar-refractivity contribution >= 4 is 20.4 Å². The van der Waals surface area contributed by atoms with Crippen molar-refractivity contribution in [1.82, 2.24) is 4.90 Å². The number of carbonyl (C=O) groups excluding carboxylic acids is 2. The van der Waals surface area contributed by atoms with Crippen LogP contribution in [0.5, 0.6) is 0 Å². The second kappa shape index (κ2) is 9.21. The average Bonchev–Trinajstić information content (AvgIpc) is 2.87. The monoisotopic (exact) mass is 427 g/mol. The van der Waals surface area contributed by atoms with Gasteiger partial charge in [-0.2, -0.15) is 0 Å². The minimum absolute atomic E-state index is 0.116. The maximum atomic E-state index is 13.0. The highest BCUT2D eigenvalue weighted by Gasteiger charge is 2.54. The van der Waals surface area contributed by atoms with Gasteiger partial charge in [-0.25, -0.2) is 9.59 Å². The number of nitrogens with zero attached hydrogens (tertiary/aromatic N) is 1. The Bertz CT molecular complexity index is 618. The van der Waals surface area contributed by atoms with Crippen LogP contribution < -0.4 is 0 Å². The molecule has 0 bridgehead atoms. The normalized spacial score (nSPS) is 20.7. The zero-order valence-corrected chi connectivity index (χ0v) is 20.9. The molecule has 0 saturated carbocycles. The highest BCUT2D eigenvalue weighted by Crippen LogP contribution is 2.41. The summed E-state index contributed by atoms with van der Waals surface area (Å²) in [6.07, 6.45) is 1.10. The lowest BCUT2D eigenvalue weighted by molar-refractivity contribution is -0.154. The van der Waals surface area contributed by atoms with Gasteiger partial charge in [0, 0.05) is 13.2 Å². The molecule has 7 heteroatoms. The van der Waals surface area contributed by atoms with Crippen LogP contribution in [-0.4, -0.2) is 56.2 Å². The van der Waals surface area contributed by atoms with Gasteiger partial charge in [0.1, 0.15) is 5.60 Å². The minimum atomic E-state index is -1.88. The van der Waals surface area contributed by atoms with E-state index in [4.69, 9.17) is 13.9 Å². The smallest absolute Gasteiger partial charge is 0.411 e. The fourth-order valence-electron chi connectivity index (χ4n) is 3.19. The Labute approximate surface area is 178 Å². The third-order valence-corrected chi connectivity index (χ3v) is 10.4. The predicted octanol–water partition coefficient (Wildman–Crippen LogP) is 5.29. The van der Waals surface area contributed by atoms with E-state index in [0.29, 0.717) is 38.0 Å². The summed E-state index contributed by atoms with van der Waals surface area (Å²) in [6, 6.07) is 0. The van der Waals surface area contributed by atoms with Gasteiger partial charge in [0.25, 0.3) is 0 Å². The SMILES string of the molecule is C=C1CCN(C(=O)OC(C)(C)C)[C@@]1(CCCO[Si](C)(C)C(C)(C)C)C(=O)OCC. The van der Waals surface area contributed by atoms with E-state index in [1.54, 1.807) is 6.92 Å². The summed E-state index contributed by atoms with van der Waals surface area (Å²) in [5.74, 6) is -0.430. The fourth-order valence-corrected chi connectivity index (χ4v) is 4.28. The maximum absolute atomic E-state index is 13.0. The second-order valence-electron chi connectivity index (χ2n) is 10.3. The molecule has 168 valence electrons. The number of amides is 1. The van der Waals surface area contributed by atoms with Crippen LogP contribution in [0.2, 0.25) is 18.1 Å². The van der Waals surface area contributed by atoms with Crippen LogP contribution in [-0.2, 0) is 18.7 Å². The molecule has 0 aromatic carbocycles. The lowest BCUT2D eigenvalue weighted by Crippen LogP contribution is -2.56. The van der Waals surface area contributed by atoms with E-state index >= 15 is 0 Å². The number of esters is 1. The molecule has 1 aliphatic rings. The number of hydrogen-bond acceptors (Lipinski definition) is 5. The Morgan fingerprint density at radius 3 is 2.24 bits per heavy atom. The predicted molar refractivity (Wildman–Crippen MR) is 118 cm³/mol. The largest absolute Gasteiger partial charge is 0.464 e. The maximum Gasteiger partial charge on any atom is 0.411 e. The van der Waals surface area contributed by atoms with E-state index in [0.717, 1.165) is 0 Å². The Balaban J connectivity index is 3.03. The average molecular weight is 428 g/mol. The first-order chi connectivity index (χ1) is 13.1. The van der Waals surface area contributed by atoms with Crippen LogP contribution in [0.15, 0.2) is 12.2 Å². The van der Waals surface area contributed by atoms with Crippen LogP contribution >= 0.6 is 0 Å². The molecule has 1 fully saturated rings. The minimum Gasteiger partial charge on any atom is -0.464 e. The standard InChI is InChI=1S/C22H41NO5Si/c1-11-26-18(24)22(14-12-16-27-29(9,10)21(6,7)8)17(2)13-15-23(22)19(25)28-20(3,4)5/h2,11-16H2,1,3-10H3/t22-/m1/s1. The number of rotatable bonds is 7. The van der Waals surface area contributed by atoms with Gasteiger partial charge in [-0.1, -0.05) is 27.4 Å².